The number of fused-ring (bicyclic) bond motifs is 1. The number of aromatic nitrogens is 3. The van der Waals surface area contributed by atoms with Gasteiger partial charge in [0.05, 0.1) is 22.3 Å². The summed E-state index contributed by atoms with van der Waals surface area (Å²) in [5.74, 6) is 0.663. The van der Waals surface area contributed by atoms with E-state index in [1.54, 1.807) is 0 Å². The monoisotopic (exact) mass is 344 g/mol. The van der Waals surface area contributed by atoms with Crippen LogP contribution in [0.5, 0.6) is 0 Å². The van der Waals surface area contributed by atoms with Gasteiger partial charge >= 0.3 is 0 Å². The molecule has 0 saturated heterocycles. The van der Waals surface area contributed by atoms with E-state index in [1.807, 2.05) is 68.4 Å². The van der Waals surface area contributed by atoms with E-state index in [9.17, 15) is 4.79 Å². The van der Waals surface area contributed by atoms with Crippen LogP contribution < -0.4 is 5.32 Å². The molecule has 0 spiro atoms. The molecule has 26 heavy (non-hydrogen) atoms. The van der Waals surface area contributed by atoms with Crippen molar-refractivity contribution in [2.75, 3.05) is 0 Å². The maximum absolute atomic E-state index is 12.7. The van der Waals surface area contributed by atoms with E-state index in [0.29, 0.717) is 12.1 Å². The molecule has 0 radical (unpaired) electrons. The minimum Gasteiger partial charge on any atom is -0.355 e. The number of aryl methyl sites for hydroxylation is 1. The third-order valence-corrected chi connectivity index (χ3v) is 4.59. The van der Waals surface area contributed by atoms with Gasteiger partial charge in [0.15, 0.2) is 5.82 Å². The van der Waals surface area contributed by atoms with Gasteiger partial charge in [0, 0.05) is 12.2 Å². The largest absolute Gasteiger partial charge is 0.355 e. The van der Waals surface area contributed by atoms with Crippen LogP contribution in [-0.2, 0) is 6.54 Å². The van der Waals surface area contributed by atoms with E-state index in [4.69, 9.17) is 0 Å². The Morgan fingerprint density at radius 1 is 1.00 bits per heavy atom. The van der Waals surface area contributed by atoms with E-state index in [1.165, 1.54) is 0 Å². The van der Waals surface area contributed by atoms with Crippen molar-refractivity contribution in [2.24, 2.45) is 0 Å². The van der Waals surface area contributed by atoms with Crippen molar-refractivity contribution in [3.05, 3.63) is 77.0 Å². The number of imidazole rings is 1. The molecule has 2 aromatic carbocycles. The van der Waals surface area contributed by atoms with Crippen LogP contribution in [0.25, 0.3) is 22.6 Å². The molecule has 3 N–H and O–H groups in total. The Labute approximate surface area is 151 Å². The molecule has 0 atom stereocenters. The Morgan fingerprint density at radius 2 is 1.73 bits per heavy atom. The highest BCUT2D eigenvalue weighted by Crippen LogP contribution is 2.27. The van der Waals surface area contributed by atoms with E-state index in [0.717, 1.165) is 39.4 Å². The molecule has 2 heterocycles. The second kappa shape index (κ2) is 6.52. The van der Waals surface area contributed by atoms with Crippen LogP contribution in [0.4, 0.5) is 0 Å². The van der Waals surface area contributed by atoms with Crippen LogP contribution >= 0.6 is 0 Å². The minimum atomic E-state index is -0.0811. The van der Waals surface area contributed by atoms with Crippen molar-refractivity contribution >= 4 is 16.9 Å². The molecule has 5 heteroatoms. The quantitative estimate of drug-likeness (QED) is 0.521. The van der Waals surface area contributed by atoms with E-state index in [-0.39, 0.29) is 5.91 Å². The topological polar surface area (TPSA) is 73.6 Å². The summed E-state index contributed by atoms with van der Waals surface area (Å²) in [5.41, 5.74) is 6.22. The van der Waals surface area contributed by atoms with Crippen molar-refractivity contribution in [3.63, 3.8) is 0 Å². The summed E-state index contributed by atoms with van der Waals surface area (Å²) in [4.78, 5) is 24.0. The highest BCUT2D eigenvalue weighted by Gasteiger charge is 2.20. The molecule has 130 valence electrons. The minimum absolute atomic E-state index is 0.0811. The van der Waals surface area contributed by atoms with Crippen LogP contribution in [0, 0.1) is 13.8 Å². The molecule has 0 aliphatic carbocycles. The third-order valence-electron chi connectivity index (χ3n) is 4.59. The van der Waals surface area contributed by atoms with Crippen LogP contribution in [-0.4, -0.2) is 20.9 Å². The van der Waals surface area contributed by atoms with Gasteiger partial charge in [-0.15, -0.1) is 0 Å². The molecule has 0 aliphatic rings. The second-order valence-electron chi connectivity index (χ2n) is 6.40. The Hall–Kier alpha value is -3.34. The van der Waals surface area contributed by atoms with Crippen LogP contribution in [0.3, 0.4) is 0 Å². The molecule has 0 fully saturated rings. The van der Waals surface area contributed by atoms with Gasteiger partial charge in [0.25, 0.3) is 5.91 Å². The molecule has 4 aromatic rings. The number of carbonyl (C=O) groups excluding carboxylic acids is 1. The molecule has 0 aliphatic heterocycles. The lowest BCUT2D eigenvalue weighted by molar-refractivity contribution is 0.0950. The number of nitrogens with one attached hydrogen (secondary N) is 3. The first-order chi connectivity index (χ1) is 12.6. The number of H-pyrrole nitrogens is 2. The molecule has 0 saturated carbocycles. The number of aromatic amines is 2. The zero-order valence-corrected chi connectivity index (χ0v) is 14.8. The lowest BCUT2D eigenvalue weighted by Gasteiger charge is -2.06. The van der Waals surface area contributed by atoms with Gasteiger partial charge in [0.1, 0.15) is 0 Å². The number of hydrogen-bond acceptors (Lipinski definition) is 2. The fourth-order valence-electron chi connectivity index (χ4n) is 3.27. The van der Waals surface area contributed by atoms with E-state index in [2.05, 4.69) is 20.3 Å². The predicted octanol–water partition coefficient (Wildman–Crippen LogP) is 4.10. The average molecular weight is 344 g/mol. The molecule has 2 aromatic heterocycles. The predicted molar refractivity (Wildman–Crippen MR) is 103 cm³/mol. The first-order valence-electron chi connectivity index (χ1n) is 8.60. The van der Waals surface area contributed by atoms with Gasteiger partial charge in [-0.2, -0.15) is 0 Å². The summed E-state index contributed by atoms with van der Waals surface area (Å²) >= 11 is 0. The second-order valence-corrected chi connectivity index (χ2v) is 6.40. The van der Waals surface area contributed by atoms with Gasteiger partial charge in [-0.3, -0.25) is 4.79 Å². The number of hydrogen-bond donors (Lipinski definition) is 3. The summed E-state index contributed by atoms with van der Waals surface area (Å²) < 4.78 is 0. The summed E-state index contributed by atoms with van der Waals surface area (Å²) in [6.45, 7) is 4.36. The Kier molecular flexibility index (Phi) is 4.05. The summed E-state index contributed by atoms with van der Waals surface area (Å²) in [6, 6.07) is 17.8. The number of rotatable bonds is 4. The molecular weight excluding hydrogens is 324 g/mol. The van der Waals surface area contributed by atoms with Gasteiger partial charge in [0.2, 0.25) is 0 Å². The number of carbonyl (C=O) groups is 1. The molecule has 0 unspecified atom stereocenters. The Bertz CT molecular complexity index is 1040. The first kappa shape index (κ1) is 16.1. The third kappa shape index (κ3) is 2.88. The molecular formula is C21H20N4O. The standard InChI is InChI=1S/C21H20N4O/c1-13-18(21(26)22-12-15-8-4-3-5-9-15)14(2)23-19(13)20-24-16-10-6-7-11-17(16)25-20/h3-11,23H,12H2,1-2H3,(H,22,26)(H,24,25). The smallest absolute Gasteiger partial charge is 0.253 e. The number of amides is 1. The van der Waals surface area contributed by atoms with Gasteiger partial charge < -0.3 is 15.3 Å². The van der Waals surface area contributed by atoms with Crippen LogP contribution in [0.2, 0.25) is 0 Å². The lowest BCUT2D eigenvalue weighted by atomic mass is 10.1. The fraction of sp³-hybridized carbons (Fsp3) is 0.143. The zero-order chi connectivity index (χ0) is 18.1. The molecule has 4 rings (SSSR count). The van der Waals surface area contributed by atoms with Gasteiger partial charge in [-0.05, 0) is 37.1 Å². The lowest BCUT2D eigenvalue weighted by Crippen LogP contribution is -2.23. The SMILES string of the molecule is Cc1[nH]c(-c2nc3ccccc3[nH]2)c(C)c1C(=O)NCc1ccccc1. The van der Waals surface area contributed by atoms with Crippen LogP contribution in [0.15, 0.2) is 54.6 Å². The maximum atomic E-state index is 12.7. The highest BCUT2D eigenvalue weighted by molar-refractivity contribution is 5.98. The van der Waals surface area contributed by atoms with E-state index >= 15 is 0 Å². The fourth-order valence-corrected chi connectivity index (χ4v) is 3.27. The summed E-state index contributed by atoms with van der Waals surface area (Å²) in [7, 11) is 0. The van der Waals surface area contributed by atoms with Gasteiger partial charge in [-0.25, -0.2) is 4.98 Å². The molecule has 0 bridgehead atoms. The average Bonchev–Trinajstić information content (AvgIpc) is 3.21. The zero-order valence-electron chi connectivity index (χ0n) is 14.8. The van der Waals surface area contributed by atoms with Gasteiger partial charge in [-0.1, -0.05) is 42.5 Å². The van der Waals surface area contributed by atoms with Crippen molar-refractivity contribution < 1.29 is 4.79 Å². The van der Waals surface area contributed by atoms with E-state index < -0.39 is 0 Å². The summed E-state index contributed by atoms with van der Waals surface area (Å²) in [5, 5.41) is 3.00. The van der Waals surface area contributed by atoms with Crippen molar-refractivity contribution in [2.45, 2.75) is 20.4 Å². The van der Waals surface area contributed by atoms with Crippen molar-refractivity contribution in [3.8, 4) is 11.5 Å². The molecule has 5 nitrogen and oxygen atoms in total. The number of para-hydroxylation sites is 2. The normalized spacial score (nSPS) is 11.0. The highest BCUT2D eigenvalue weighted by atomic mass is 16.1. The van der Waals surface area contributed by atoms with Crippen LogP contribution in [0.1, 0.15) is 27.2 Å². The van der Waals surface area contributed by atoms with Crippen molar-refractivity contribution in [1.82, 2.24) is 20.3 Å². The number of benzene rings is 2. The Balaban J connectivity index is 1.62. The maximum Gasteiger partial charge on any atom is 0.253 e. The summed E-state index contributed by atoms with van der Waals surface area (Å²) in [6.07, 6.45) is 0. The molecule has 1 amide bonds. The Morgan fingerprint density at radius 3 is 2.50 bits per heavy atom. The van der Waals surface area contributed by atoms with Crippen molar-refractivity contribution in [1.29, 1.82) is 0 Å². The number of nitrogens with zero attached hydrogens (tertiary/aromatic N) is 1. The first-order valence-corrected chi connectivity index (χ1v) is 8.60.